The molecule has 0 aliphatic heterocycles. The number of amides is 1. The molecule has 0 radical (unpaired) electrons. The zero-order chi connectivity index (χ0) is 22.8. The predicted molar refractivity (Wildman–Crippen MR) is 120 cm³/mol. The first-order valence-corrected chi connectivity index (χ1v) is 10.9. The highest BCUT2D eigenvalue weighted by Gasteiger charge is 2.21. The lowest BCUT2D eigenvalue weighted by molar-refractivity contribution is -0.0498. The van der Waals surface area contributed by atoms with Crippen LogP contribution in [-0.2, 0) is 6.54 Å². The summed E-state index contributed by atoms with van der Waals surface area (Å²) in [6, 6.07) is 12.1. The van der Waals surface area contributed by atoms with Crippen LogP contribution < -0.4 is 4.74 Å². The third kappa shape index (κ3) is 4.47. The number of fused-ring (bicyclic) bond motifs is 1. The summed E-state index contributed by atoms with van der Waals surface area (Å²) in [6.45, 7) is 1.47. The summed E-state index contributed by atoms with van der Waals surface area (Å²) < 4.78 is 30.9. The number of hydrogen-bond acceptors (Lipinski definition) is 5. The fourth-order valence-electron chi connectivity index (χ4n) is 3.45. The van der Waals surface area contributed by atoms with Gasteiger partial charge in [-0.15, -0.1) is 11.3 Å². The van der Waals surface area contributed by atoms with E-state index in [9.17, 15) is 13.6 Å². The van der Waals surface area contributed by atoms with Crippen LogP contribution in [0.3, 0.4) is 0 Å². The second kappa shape index (κ2) is 9.04. The van der Waals surface area contributed by atoms with E-state index in [-0.39, 0.29) is 17.7 Å². The average Bonchev–Trinajstić information content (AvgIpc) is 3.43. The lowest BCUT2D eigenvalue weighted by atomic mass is 10.1. The van der Waals surface area contributed by atoms with E-state index in [0.29, 0.717) is 23.1 Å². The standard InChI is InChI=1S/C23H22F2N4O2S/c1-14(2)29-21-18(12-26-29)17(11-19(27-21)20-5-4-10-32-20)22(30)28(3)13-15-6-8-16(9-7-15)31-23(24)25/h4-12,14,23H,13H2,1-3H3. The van der Waals surface area contributed by atoms with Crippen molar-refractivity contribution in [2.75, 3.05) is 7.05 Å². The molecule has 0 aliphatic carbocycles. The van der Waals surface area contributed by atoms with Crippen LogP contribution in [0.1, 0.15) is 35.8 Å². The van der Waals surface area contributed by atoms with Crippen LogP contribution in [-0.4, -0.2) is 39.2 Å². The quantitative estimate of drug-likeness (QED) is 0.362. The molecule has 3 heterocycles. The largest absolute Gasteiger partial charge is 0.435 e. The van der Waals surface area contributed by atoms with Gasteiger partial charge in [-0.3, -0.25) is 4.79 Å². The first-order valence-electron chi connectivity index (χ1n) is 10.0. The van der Waals surface area contributed by atoms with Crippen molar-refractivity contribution >= 4 is 28.3 Å². The molecule has 0 fully saturated rings. The highest BCUT2D eigenvalue weighted by atomic mass is 32.1. The van der Waals surface area contributed by atoms with Gasteiger partial charge in [-0.05, 0) is 49.1 Å². The first-order chi connectivity index (χ1) is 15.3. The van der Waals surface area contributed by atoms with E-state index in [1.54, 1.807) is 47.7 Å². The number of halogens is 2. The number of thiophene rings is 1. The minimum Gasteiger partial charge on any atom is -0.435 e. The SMILES string of the molecule is CC(C)n1ncc2c(C(=O)N(C)Cc3ccc(OC(F)F)cc3)cc(-c3cccs3)nc21. The lowest BCUT2D eigenvalue weighted by Gasteiger charge is -2.19. The Morgan fingerprint density at radius 1 is 1.22 bits per heavy atom. The Balaban J connectivity index is 1.66. The summed E-state index contributed by atoms with van der Waals surface area (Å²) in [5, 5.41) is 7.11. The monoisotopic (exact) mass is 456 g/mol. The van der Waals surface area contributed by atoms with Crippen LogP contribution >= 0.6 is 11.3 Å². The number of pyridine rings is 1. The highest BCUT2D eigenvalue weighted by Crippen LogP contribution is 2.29. The van der Waals surface area contributed by atoms with E-state index in [2.05, 4.69) is 9.84 Å². The Hall–Kier alpha value is -3.33. The van der Waals surface area contributed by atoms with Crippen LogP contribution in [0, 0.1) is 0 Å². The van der Waals surface area contributed by atoms with Crippen LogP contribution in [0.25, 0.3) is 21.6 Å². The van der Waals surface area contributed by atoms with E-state index >= 15 is 0 Å². The van der Waals surface area contributed by atoms with Gasteiger partial charge in [-0.2, -0.15) is 13.9 Å². The molecular weight excluding hydrogens is 434 g/mol. The van der Waals surface area contributed by atoms with Crippen molar-refractivity contribution in [2.24, 2.45) is 0 Å². The molecule has 6 nitrogen and oxygen atoms in total. The molecule has 0 bridgehead atoms. The fourth-order valence-corrected chi connectivity index (χ4v) is 4.14. The second-order valence-electron chi connectivity index (χ2n) is 7.64. The van der Waals surface area contributed by atoms with Gasteiger partial charge < -0.3 is 9.64 Å². The average molecular weight is 457 g/mol. The van der Waals surface area contributed by atoms with Gasteiger partial charge >= 0.3 is 6.61 Å². The molecule has 0 atom stereocenters. The first kappa shape index (κ1) is 21.9. The zero-order valence-corrected chi connectivity index (χ0v) is 18.6. The summed E-state index contributed by atoms with van der Waals surface area (Å²) in [5.41, 5.74) is 2.70. The van der Waals surface area contributed by atoms with Crippen molar-refractivity contribution in [3.63, 3.8) is 0 Å². The number of alkyl halides is 2. The van der Waals surface area contributed by atoms with Crippen molar-refractivity contribution in [3.05, 3.63) is 65.2 Å². The molecule has 0 aliphatic rings. The van der Waals surface area contributed by atoms with E-state index in [0.717, 1.165) is 16.1 Å². The molecule has 0 unspecified atom stereocenters. The van der Waals surface area contributed by atoms with E-state index in [1.165, 1.54) is 12.1 Å². The maximum atomic E-state index is 13.4. The molecule has 1 amide bonds. The van der Waals surface area contributed by atoms with Gasteiger partial charge in [-0.1, -0.05) is 18.2 Å². The van der Waals surface area contributed by atoms with Gasteiger partial charge in [0.2, 0.25) is 0 Å². The molecule has 0 saturated heterocycles. The molecular formula is C23H22F2N4O2S. The number of ether oxygens (including phenoxy) is 1. The number of benzene rings is 1. The third-order valence-electron chi connectivity index (χ3n) is 4.97. The van der Waals surface area contributed by atoms with Gasteiger partial charge in [-0.25, -0.2) is 9.67 Å². The number of carbonyl (C=O) groups is 1. The summed E-state index contributed by atoms with van der Waals surface area (Å²) in [4.78, 5) is 20.8. The van der Waals surface area contributed by atoms with Crippen LogP contribution in [0.2, 0.25) is 0 Å². The van der Waals surface area contributed by atoms with Gasteiger partial charge in [0.15, 0.2) is 5.65 Å². The number of carbonyl (C=O) groups excluding carboxylic acids is 1. The van der Waals surface area contributed by atoms with E-state index in [4.69, 9.17) is 4.98 Å². The summed E-state index contributed by atoms with van der Waals surface area (Å²) in [5.74, 6) is -0.0957. The molecule has 0 N–H and O–H groups in total. The zero-order valence-electron chi connectivity index (χ0n) is 17.8. The van der Waals surface area contributed by atoms with Crippen molar-refractivity contribution in [3.8, 4) is 16.3 Å². The van der Waals surface area contributed by atoms with Gasteiger partial charge in [0.1, 0.15) is 5.75 Å². The normalized spacial score (nSPS) is 11.5. The third-order valence-corrected chi connectivity index (χ3v) is 5.87. The maximum absolute atomic E-state index is 13.4. The lowest BCUT2D eigenvalue weighted by Crippen LogP contribution is -2.26. The smallest absolute Gasteiger partial charge is 0.387 e. The number of aromatic nitrogens is 3. The topological polar surface area (TPSA) is 60.2 Å². The summed E-state index contributed by atoms with van der Waals surface area (Å²) in [6.07, 6.45) is 1.68. The highest BCUT2D eigenvalue weighted by molar-refractivity contribution is 7.13. The molecule has 1 aromatic carbocycles. The molecule has 9 heteroatoms. The van der Waals surface area contributed by atoms with Crippen molar-refractivity contribution < 1.29 is 18.3 Å². The van der Waals surface area contributed by atoms with Gasteiger partial charge in [0.05, 0.1) is 27.7 Å². The Labute approximate surface area is 188 Å². The van der Waals surface area contributed by atoms with Crippen LogP contribution in [0.15, 0.2) is 54.0 Å². The van der Waals surface area contributed by atoms with Crippen molar-refractivity contribution in [2.45, 2.75) is 33.0 Å². The fraction of sp³-hybridized carbons (Fsp3) is 0.261. The number of hydrogen-bond donors (Lipinski definition) is 0. The van der Waals surface area contributed by atoms with Crippen LogP contribution in [0.4, 0.5) is 8.78 Å². The Bertz CT molecular complexity index is 1220. The van der Waals surface area contributed by atoms with Gasteiger partial charge in [0, 0.05) is 19.6 Å². The number of rotatable bonds is 7. The maximum Gasteiger partial charge on any atom is 0.387 e. The second-order valence-corrected chi connectivity index (χ2v) is 8.58. The van der Waals surface area contributed by atoms with Crippen LogP contribution in [0.5, 0.6) is 5.75 Å². The number of nitrogens with zero attached hydrogens (tertiary/aromatic N) is 4. The molecule has 4 aromatic rings. The van der Waals surface area contributed by atoms with Gasteiger partial charge in [0.25, 0.3) is 5.91 Å². The molecule has 166 valence electrons. The molecule has 0 spiro atoms. The molecule has 4 rings (SSSR count). The summed E-state index contributed by atoms with van der Waals surface area (Å²) in [7, 11) is 1.70. The molecule has 0 saturated carbocycles. The Kier molecular flexibility index (Phi) is 6.18. The summed E-state index contributed by atoms with van der Waals surface area (Å²) >= 11 is 1.56. The molecule has 3 aromatic heterocycles. The van der Waals surface area contributed by atoms with E-state index < -0.39 is 6.61 Å². The molecule has 32 heavy (non-hydrogen) atoms. The van der Waals surface area contributed by atoms with Crippen molar-refractivity contribution in [1.82, 2.24) is 19.7 Å². The Morgan fingerprint density at radius 2 is 1.97 bits per heavy atom. The Morgan fingerprint density at radius 3 is 2.59 bits per heavy atom. The predicted octanol–water partition coefficient (Wildman–Crippen LogP) is 5.61. The minimum absolute atomic E-state index is 0.0789. The van der Waals surface area contributed by atoms with E-state index in [1.807, 2.05) is 36.0 Å². The van der Waals surface area contributed by atoms with Crippen molar-refractivity contribution in [1.29, 1.82) is 0 Å². The minimum atomic E-state index is -2.87.